The van der Waals surface area contributed by atoms with Gasteiger partial charge < -0.3 is 19.5 Å². The number of ether oxygens (including phenoxy) is 2. The third-order valence-corrected chi connectivity index (χ3v) is 2.70. The van der Waals surface area contributed by atoms with Crippen LogP contribution in [0.3, 0.4) is 0 Å². The summed E-state index contributed by atoms with van der Waals surface area (Å²) in [7, 11) is 0.131. The van der Waals surface area contributed by atoms with Gasteiger partial charge in [0, 0.05) is 0 Å². The van der Waals surface area contributed by atoms with Crippen LogP contribution in [0.4, 0.5) is 0 Å². The highest BCUT2D eigenvalue weighted by Crippen LogP contribution is 2.15. The van der Waals surface area contributed by atoms with Gasteiger partial charge in [-0.25, -0.2) is 0 Å². The van der Waals surface area contributed by atoms with Crippen LogP contribution in [0.15, 0.2) is 48.5 Å². The topological polar surface area (TPSA) is 58.9 Å². The first-order chi connectivity index (χ1) is 9.19. The molecule has 0 heterocycles. The molecule has 0 bridgehead atoms. The monoisotopic (exact) mass is 258 g/mol. The van der Waals surface area contributed by atoms with Crippen LogP contribution in [0.25, 0.3) is 0 Å². The summed E-state index contributed by atoms with van der Waals surface area (Å²) in [6.45, 7) is 0.391. The van der Waals surface area contributed by atoms with Crippen molar-refractivity contribution in [3.05, 3.63) is 54.1 Å². The molecule has 5 heteroatoms. The Kier molecular flexibility index (Phi) is 4.44. The Labute approximate surface area is 112 Å². The average molecular weight is 258 g/mol. The van der Waals surface area contributed by atoms with E-state index >= 15 is 0 Å². The molecule has 19 heavy (non-hydrogen) atoms. The smallest absolute Gasteiger partial charge is 0.488 e. The highest BCUT2D eigenvalue weighted by Gasteiger charge is 2.11. The second-order valence-electron chi connectivity index (χ2n) is 4.09. The standard InChI is InChI=1S/C14H15BO4/c1-18-13-6-2-4-11(8-13)10-19-14-7-3-5-12(9-14)15(16)17/h2-9,16-17H,10H2,1H3. The van der Waals surface area contributed by atoms with E-state index in [4.69, 9.17) is 19.5 Å². The molecule has 0 aliphatic rings. The summed E-state index contributed by atoms with van der Waals surface area (Å²) in [6, 6.07) is 14.3. The lowest BCUT2D eigenvalue weighted by molar-refractivity contribution is 0.305. The molecular formula is C14H15BO4. The quantitative estimate of drug-likeness (QED) is 0.784. The van der Waals surface area contributed by atoms with Gasteiger partial charge >= 0.3 is 7.12 Å². The molecule has 0 atom stereocenters. The molecule has 0 aliphatic heterocycles. The summed E-state index contributed by atoms with van der Waals surface area (Å²) >= 11 is 0. The van der Waals surface area contributed by atoms with Crippen molar-refractivity contribution in [3.8, 4) is 11.5 Å². The van der Waals surface area contributed by atoms with Crippen molar-refractivity contribution in [2.75, 3.05) is 7.11 Å². The molecule has 0 spiro atoms. The summed E-state index contributed by atoms with van der Waals surface area (Å²) in [5.74, 6) is 1.37. The maximum absolute atomic E-state index is 9.09. The largest absolute Gasteiger partial charge is 0.497 e. The molecule has 0 saturated heterocycles. The first kappa shape index (κ1) is 13.5. The molecule has 2 aromatic carbocycles. The lowest BCUT2D eigenvalue weighted by Crippen LogP contribution is -2.29. The highest BCUT2D eigenvalue weighted by atomic mass is 16.5. The van der Waals surface area contributed by atoms with Gasteiger partial charge in [-0.3, -0.25) is 0 Å². The second-order valence-corrected chi connectivity index (χ2v) is 4.09. The van der Waals surface area contributed by atoms with Gasteiger partial charge in [0.2, 0.25) is 0 Å². The van der Waals surface area contributed by atoms with Gasteiger partial charge in [-0.2, -0.15) is 0 Å². The molecule has 0 aliphatic carbocycles. The van der Waals surface area contributed by atoms with E-state index in [1.165, 1.54) is 0 Å². The van der Waals surface area contributed by atoms with Crippen molar-refractivity contribution in [1.29, 1.82) is 0 Å². The number of methoxy groups -OCH3 is 1. The van der Waals surface area contributed by atoms with Crippen LogP contribution in [0, 0.1) is 0 Å². The molecular weight excluding hydrogens is 243 g/mol. The third kappa shape index (κ3) is 3.74. The average Bonchev–Trinajstić information content (AvgIpc) is 2.45. The van der Waals surface area contributed by atoms with E-state index in [-0.39, 0.29) is 0 Å². The maximum atomic E-state index is 9.09. The summed E-state index contributed by atoms with van der Waals surface area (Å²) < 4.78 is 10.7. The highest BCUT2D eigenvalue weighted by molar-refractivity contribution is 6.58. The van der Waals surface area contributed by atoms with Crippen LogP contribution in [-0.2, 0) is 6.61 Å². The normalized spacial score (nSPS) is 10.1. The van der Waals surface area contributed by atoms with Crippen molar-refractivity contribution in [2.24, 2.45) is 0 Å². The molecule has 0 amide bonds. The SMILES string of the molecule is COc1cccc(COc2cccc(B(O)O)c2)c1. The van der Waals surface area contributed by atoms with E-state index in [1.54, 1.807) is 31.4 Å². The van der Waals surface area contributed by atoms with E-state index in [1.807, 2.05) is 24.3 Å². The number of hydrogen-bond donors (Lipinski definition) is 2. The van der Waals surface area contributed by atoms with Gasteiger partial charge in [0.1, 0.15) is 18.1 Å². The fraction of sp³-hybridized carbons (Fsp3) is 0.143. The molecule has 4 nitrogen and oxygen atoms in total. The van der Waals surface area contributed by atoms with Crippen molar-refractivity contribution >= 4 is 12.6 Å². The predicted octanol–water partition coefficient (Wildman–Crippen LogP) is 0.954. The van der Waals surface area contributed by atoms with Crippen LogP contribution in [0.5, 0.6) is 11.5 Å². The Morgan fingerprint density at radius 1 is 1.00 bits per heavy atom. The molecule has 98 valence electrons. The molecule has 0 aromatic heterocycles. The summed E-state index contributed by atoms with van der Waals surface area (Å²) in [5.41, 5.74) is 1.39. The van der Waals surface area contributed by atoms with Crippen LogP contribution < -0.4 is 14.9 Å². The van der Waals surface area contributed by atoms with Crippen LogP contribution >= 0.6 is 0 Å². The zero-order valence-electron chi connectivity index (χ0n) is 10.6. The molecule has 0 radical (unpaired) electrons. The van der Waals surface area contributed by atoms with Crippen LogP contribution in [0.1, 0.15) is 5.56 Å². The Morgan fingerprint density at radius 2 is 1.74 bits per heavy atom. The van der Waals surface area contributed by atoms with Gasteiger partial charge in [-0.1, -0.05) is 24.3 Å². The predicted molar refractivity (Wildman–Crippen MR) is 73.6 cm³/mol. The first-order valence-electron chi connectivity index (χ1n) is 5.91. The molecule has 0 unspecified atom stereocenters. The van der Waals surface area contributed by atoms with Crippen LogP contribution in [0.2, 0.25) is 0 Å². The van der Waals surface area contributed by atoms with Crippen molar-refractivity contribution < 1.29 is 19.5 Å². The minimum absolute atomic E-state index is 0.391. The van der Waals surface area contributed by atoms with Crippen molar-refractivity contribution in [3.63, 3.8) is 0 Å². The zero-order chi connectivity index (χ0) is 13.7. The summed E-state index contributed by atoms with van der Waals surface area (Å²) in [6.07, 6.45) is 0. The maximum Gasteiger partial charge on any atom is 0.488 e. The van der Waals surface area contributed by atoms with Gasteiger partial charge in [-0.05, 0) is 35.3 Å². The van der Waals surface area contributed by atoms with E-state index < -0.39 is 7.12 Å². The Morgan fingerprint density at radius 3 is 2.47 bits per heavy atom. The Balaban J connectivity index is 2.03. The zero-order valence-corrected chi connectivity index (χ0v) is 10.6. The second kappa shape index (κ2) is 6.27. The van der Waals surface area contributed by atoms with E-state index in [9.17, 15) is 0 Å². The fourth-order valence-electron chi connectivity index (χ4n) is 1.69. The lowest BCUT2D eigenvalue weighted by atomic mass is 9.80. The van der Waals surface area contributed by atoms with E-state index in [2.05, 4.69) is 0 Å². The van der Waals surface area contributed by atoms with Crippen molar-refractivity contribution in [1.82, 2.24) is 0 Å². The number of hydrogen-bond acceptors (Lipinski definition) is 4. The lowest BCUT2D eigenvalue weighted by Gasteiger charge is -2.09. The third-order valence-electron chi connectivity index (χ3n) is 2.70. The number of benzene rings is 2. The molecule has 2 aromatic rings. The summed E-state index contributed by atoms with van der Waals surface area (Å²) in [5, 5.41) is 18.2. The van der Waals surface area contributed by atoms with Crippen molar-refractivity contribution in [2.45, 2.75) is 6.61 Å². The fourth-order valence-corrected chi connectivity index (χ4v) is 1.69. The van der Waals surface area contributed by atoms with Gasteiger partial charge in [-0.15, -0.1) is 0 Å². The molecule has 2 rings (SSSR count). The molecule has 0 fully saturated rings. The van der Waals surface area contributed by atoms with Gasteiger partial charge in [0.05, 0.1) is 7.11 Å². The Bertz CT molecular complexity index is 542. The minimum atomic E-state index is -1.49. The summed E-state index contributed by atoms with van der Waals surface area (Å²) in [4.78, 5) is 0. The van der Waals surface area contributed by atoms with Gasteiger partial charge in [0.25, 0.3) is 0 Å². The number of rotatable bonds is 5. The van der Waals surface area contributed by atoms with E-state index in [0.717, 1.165) is 11.3 Å². The Hall–Kier alpha value is -1.98. The first-order valence-corrected chi connectivity index (χ1v) is 5.91. The van der Waals surface area contributed by atoms with Gasteiger partial charge in [0.15, 0.2) is 0 Å². The molecule has 2 N–H and O–H groups in total. The van der Waals surface area contributed by atoms with E-state index in [0.29, 0.717) is 17.8 Å². The molecule has 0 saturated carbocycles. The van der Waals surface area contributed by atoms with Crippen LogP contribution in [-0.4, -0.2) is 24.3 Å². The minimum Gasteiger partial charge on any atom is -0.497 e.